The van der Waals surface area contributed by atoms with Crippen molar-refractivity contribution < 1.29 is 13.9 Å². The Morgan fingerprint density at radius 3 is 2.56 bits per heavy atom. The zero-order chi connectivity index (χ0) is 23.3. The van der Waals surface area contributed by atoms with E-state index in [2.05, 4.69) is 10.2 Å². The molecule has 34 heavy (non-hydrogen) atoms. The lowest BCUT2D eigenvalue weighted by Gasteiger charge is -2.22. The number of hydrogen-bond donors (Lipinski definition) is 0. The lowest BCUT2D eigenvalue weighted by molar-refractivity contribution is -0.130. The van der Waals surface area contributed by atoms with E-state index < -0.39 is 0 Å². The van der Waals surface area contributed by atoms with Crippen molar-refractivity contribution in [1.29, 1.82) is 0 Å². The van der Waals surface area contributed by atoms with Crippen LogP contribution in [0.1, 0.15) is 67.5 Å². The number of aromatic nitrogens is 2. The predicted molar refractivity (Wildman–Crippen MR) is 131 cm³/mol. The third kappa shape index (κ3) is 5.01. The van der Waals surface area contributed by atoms with Crippen LogP contribution in [0.4, 0.5) is 0 Å². The number of methoxy groups -OCH3 is 1. The topological polar surface area (TPSA) is 80.8 Å². The molecule has 1 amide bonds. The average Bonchev–Trinajstić information content (AvgIpc) is 3.56. The van der Waals surface area contributed by atoms with Crippen LogP contribution in [0.15, 0.2) is 69.3 Å². The number of hydrazone groups is 1. The average molecular weight is 477 g/mol. The van der Waals surface area contributed by atoms with Crippen LogP contribution in [0.3, 0.4) is 0 Å². The molecule has 8 heteroatoms. The molecular formula is C26H28N4O3S. The van der Waals surface area contributed by atoms with Gasteiger partial charge in [-0.05, 0) is 36.1 Å². The minimum atomic E-state index is -0.172. The van der Waals surface area contributed by atoms with Crippen LogP contribution in [-0.2, 0) is 4.79 Å². The van der Waals surface area contributed by atoms with Crippen LogP contribution >= 0.6 is 11.8 Å². The van der Waals surface area contributed by atoms with E-state index >= 15 is 0 Å². The van der Waals surface area contributed by atoms with Gasteiger partial charge in [0.05, 0.1) is 24.6 Å². The molecule has 1 aromatic heterocycles. The zero-order valence-electron chi connectivity index (χ0n) is 19.2. The molecule has 5 rings (SSSR count). The van der Waals surface area contributed by atoms with Crippen LogP contribution in [0.2, 0.25) is 0 Å². The third-order valence-corrected chi connectivity index (χ3v) is 7.27. The van der Waals surface area contributed by atoms with Crippen molar-refractivity contribution in [3.8, 4) is 5.75 Å². The lowest BCUT2D eigenvalue weighted by atomic mass is 9.89. The molecule has 0 spiro atoms. The molecule has 1 saturated carbocycles. The summed E-state index contributed by atoms with van der Waals surface area (Å²) in [5, 5.41) is 15.2. The standard InChI is InChI=1S/C26H28N4O3S/c1-32-21-14-12-19(13-15-21)23-16-22(18-8-4-2-5-9-18)29-30(23)24(31)17-34-26-28-27-25(33-26)20-10-6-3-7-11-20/h2,4-5,8-9,12-15,20,23H,3,6-7,10-11,16-17H2,1H3/t23-/m1/s1. The van der Waals surface area contributed by atoms with Gasteiger partial charge in [0.2, 0.25) is 5.89 Å². The summed E-state index contributed by atoms with van der Waals surface area (Å²) in [7, 11) is 1.64. The molecular weight excluding hydrogens is 448 g/mol. The maximum atomic E-state index is 13.3. The molecule has 176 valence electrons. The number of benzene rings is 2. The molecule has 0 bridgehead atoms. The number of thioether (sulfide) groups is 1. The van der Waals surface area contributed by atoms with Gasteiger partial charge in [-0.15, -0.1) is 10.2 Å². The Balaban J connectivity index is 1.31. The van der Waals surface area contributed by atoms with E-state index in [1.54, 1.807) is 12.1 Å². The quantitative estimate of drug-likeness (QED) is 0.413. The Labute approximate surface area is 203 Å². The Morgan fingerprint density at radius 2 is 1.82 bits per heavy atom. The Morgan fingerprint density at radius 1 is 1.06 bits per heavy atom. The van der Waals surface area contributed by atoms with E-state index in [-0.39, 0.29) is 17.7 Å². The Kier molecular flexibility index (Phi) is 6.94. The van der Waals surface area contributed by atoms with Gasteiger partial charge < -0.3 is 9.15 Å². The van der Waals surface area contributed by atoms with Crippen molar-refractivity contribution in [1.82, 2.24) is 15.2 Å². The molecule has 1 aliphatic heterocycles. The summed E-state index contributed by atoms with van der Waals surface area (Å²) < 4.78 is 11.2. The Bertz CT molecular complexity index is 1140. The lowest BCUT2D eigenvalue weighted by Crippen LogP contribution is -2.28. The smallest absolute Gasteiger partial charge is 0.277 e. The predicted octanol–water partition coefficient (Wildman–Crippen LogP) is 5.60. The summed E-state index contributed by atoms with van der Waals surface area (Å²) in [6.07, 6.45) is 6.53. The molecule has 1 atom stereocenters. The van der Waals surface area contributed by atoms with Crippen LogP contribution in [-0.4, -0.2) is 39.7 Å². The van der Waals surface area contributed by atoms with Gasteiger partial charge in [-0.2, -0.15) is 5.10 Å². The van der Waals surface area contributed by atoms with Gasteiger partial charge >= 0.3 is 0 Å². The maximum Gasteiger partial charge on any atom is 0.277 e. The van der Waals surface area contributed by atoms with Crippen molar-refractivity contribution >= 4 is 23.4 Å². The number of carbonyl (C=O) groups excluding carboxylic acids is 1. The highest BCUT2D eigenvalue weighted by atomic mass is 32.2. The van der Waals surface area contributed by atoms with Crippen molar-refractivity contribution in [2.24, 2.45) is 5.10 Å². The first-order valence-corrected chi connectivity index (χ1v) is 12.7. The number of nitrogens with zero attached hydrogens (tertiary/aromatic N) is 4. The molecule has 7 nitrogen and oxygen atoms in total. The summed E-state index contributed by atoms with van der Waals surface area (Å²) >= 11 is 1.28. The highest BCUT2D eigenvalue weighted by molar-refractivity contribution is 7.99. The zero-order valence-corrected chi connectivity index (χ0v) is 20.0. The molecule has 0 saturated heterocycles. The number of amides is 1. The van der Waals surface area contributed by atoms with E-state index in [9.17, 15) is 4.79 Å². The van der Waals surface area contributed by atoms with E-state index in [4.69, 9.17) is 14.3 Å². The molecule has 0 N–H and O–H groups in total. The molecule has 2 aliphatic rings. The second kappa shape index (κ2) is 10.4. The second-order valence-electron chi connectivity index (χ2n) is 8.67. The molecule has 1 fully saturated rings. The largest absolute Gasteiger partial charge is 0.497 e. The highest BCUT2D eigenvalue weighted by Gasteiger charge is 2.33. The molecule has 3 aromatic rings. The van der Waals surface area contributed by atoms with Gasteiger partial charge in [0.25, 0.3) is 11.1 Å². The minimum absolute atomic E-state index is 0.0887. The molecule has 0 unspecified atom stereocenters. The van der Waals surface area contributed by atoms with Gasteiger partial charge in [0, 0.05) is 12.3 Å². The van der Waals surface area contributed by atoms with E-state index in [1.165, 1.54) is 31.0 Å². The normalized spacial score (nSPS) is 18.7. The van der Waals surface area contributed by atoms with Gasteiger partial charge in [-0.1, -0.05) is 73.5 Å². The van der Waals surface area contributed by atoms with Gasteiger partial charge in [-0.25, -0.2) is 5.01 Å². The van der Waals surface area contributed by atoms with Crippen LogP contribution < -0.4 is 4.74 Å². The van der Waals surface area contributed by atoms with E-state index in [1.807, 2.05) is 54.6 Å². The fraction of sp³-hybridized carbons (Fsp3) is 0.385. The van der Waals surface area contributed by atoms with Gasteiger partial charge in [0.15, 0.2) is 0 Å². The van der Waals surface area contributed by atoms with Crippen molar-refractivity contribution in [2.45, 2.75) is 55.7 Å². The SMILES string of the molecule is COc1ccc([C@H]2CC(c3ccccc3)=NN2C(=O)CSc2nnc(C3CCCCC3)o2)cc1. The van der Waals surface area contributed by atoms with Crippen molar-refractivity contribution in [3.05, 3.63) is 71.6 Å². The second-order valence-corrected chi connectivity index (χ2v) is 9.60. The Hall–Kier alpha value is -3.13. The van der Waals surface area contributed by atoms with Gasteiger partial charge in [0.1, 0.15) is 5.75 Å². The van der Waals surface area contributed by atoms with Crippen molar-refractivity contribution in [3.63, 3.8) is 0 Å². The van der Waals surface area contributed by atoms with Crippen LogP contribution in [0.5, 0.6) is 5.75 Å². The summed E-state index contributed by atoms with van der Waals surface area (Å²) in [5.74, 6) is 1.93. The summed E-state index contributed by atoms with van der Waals surface area (Å²) in [6, 6.07) is 17.6. The van der Waals surface area contributed by atoms with Crippen LogP contribution in [0, 0.1) is 0 Å². The van der Waals surface area contributed by atoms with Gasteiger partial charge in [-0.3, -0.25) is 4.79 Å². The molecule has 2 heterocycles. The summed E-state index contributed by atoms with van der Waals surface area (Å²) in [4.78, 5) is 13.3. The summed E-state index contributed by atoms with van der Waals surface area (Å²) in [5.41, 5.74) is 2.95. The molecule has 0 radical (unpaired) electrons. The van der Waals surface area contributed by atoms with Crippen LogP contribution in [0.25, 0.3) is 0 Å². The first-order valence-electron chi connectivity index (χ1n) is 11.8. The molecule has 2 aromatic carbocycles. The van der Waals surface area contributed by atoms with Crippen molar-refractivity contribution in [2.75, 3.05) is 12.9 Å². The fourth-order valence-electron chi connectivity index (χ4n) is 4.61. The number of hydrogen-bond acceptors (Lipinski definition) is 7. The first kappa shape index (κ1) is 22.7. The summed E-state index contributed by atoms with van der Waals surface area (Å²) in [6.45, 7) is 0. The number of ether oxygens (including phenoxy) is 1. The van der Waals surface area contributed by atoms with E-state index in [0.717, 1.165) is 35.4 Å². The molecule has 1 aliphatic carbocycles. The third-order valence-electron chi connectivity index (χ3n) is 6.47. The van der Waals surface area contributed by atoms with E-state index in [0.29, 0.717) is 23.5 Å². The fourth-order valence-corrected chi connectivity index (χ4v) is 5.24. The minimum Gasteiger partial charge on any atom is -0.497 e. The maximum absolute atomic E-state index is 13.3. The number of rotatable bonds is 7. The first-order chi connectivity index (χ1) is 16.7. The monoisotopic (exact) mass is 476 g/mol. The number of carbonyl (C=O) groups is 1. The highest BCUT2D eigenvalue weighted by Crippen LogP contribution is 2.35.